The fourth-order valence-electron chi connectivity index (χ4n) is 2.68. The predicted molar refractivity (Wildman–Crippen MR) is 117 cm³/mol. The van der Waals surface area contributed by atoms with Gasteiger partial charge in [0.05, 0.1) is 21.3 Å². The van der Waals surface area contributed by atoms with E-state index < -0.39 is 0 Å². The molecule has 0 aromatic heterocycles. The summed E-state index contributed by atoms with van der Waals surface area (Å²) in [5.74, 6) is 2.42. The van der Waals surface area contributed by atoms with Gasteiger partial charge in [0.1, 0.15) is 17.2 Å². The summed E-state index contributed by atoms with van der Waals surface area (Å²) in [6, 6.07) is 23.2. The van der Waals surface area contributed by atoms with Gasteiger partial charge in [-0.25, -0.2) is 0 Å². The van der Waals surface area contributed by atoms with E-state index in [1.54, 1.807) is 21.3 Å². The van der Waals surface area contributed by atoms with Gasteiger partial charge < -0.3 is 14.2 Å². The largest absolute Gasteiger partial charge is 0.497 e. The molecule has 0 atom stereocenters. The molecule has 0 heterocycles. The molecule has 0 aliphatic rings. The molecule has 0 aliphatic heterocycles. The number of aliphatic imine (C=N–C) groups is 2. The molecule has 0 unspecified atom stereocenters. The van der Waals surface area contributed by atoms with E-state index in [1.807, 2.05) is 85.2 Å². The van der Waals surface area contributed by atoms with Gasteiger partial charge in [-0.1, -0.05) is 12.1 Å². The van der Waals surface area contributed by atoms with Crippen molar-refractivity contribution >= 4 is 12.4 Å². The minimum atomic E-state index is -0.370. The predicted octanol–water partition coefficient (Wildman–Crippen LogP) is 4.95. The second-order valence-electron chi connectivity index (χ2n) is 6.25. The van der Waals surface area contributed by atoms with E-state index in [4.69, 9.17) is 24.2 Å². The van der Waals surface area contributed by atoms with Gasteiger partial charge in [0.15, 0.2) is 6.17 Å². The van der Waals surface area contributed by atoms with Crippen molar-refractivity contribution in [2.75, 3.05) is 21.3 Å². The van der Waals surface area contributed by atoms with E-state index in [9.17, 15) is 0 Å². The lowest BCUT2D eigenvalue weighted by Gasteiger charge is -2.09. The summed E-state index contributed by atoms with van der Waals surface area (Å²) in [6.45, 7) is 0. The van der Waals surface area contributed by atoms with Crippen LogP contribution >= 0.6 is 0 Å². The first kappa shape index (κ1) is 20.1. The fraction of sp³-hybridized carbons (Fsp3) is 0.167. The average molecular weight is 388 g/mol. The molecule has 0 fully saturated rings. The van der Waals surface area contributed by atoms with Crippen LogP contribution in [0.4, 0.5) is 0 Å². The van der Waals surface area contributed by atoms with Crippen LogP contribution in [-0.4, -0.2) is 33.8 Å². The highest BCUT2D eigenvalue weighted by Gasteiger charge is 2.07. The molecule has 148 valence electrons. The van der Waals surface area contributed by atoms with E-state index >= 15 is 0 Å². The highest BCUT2D eigenvalue weighted by atomic mass is 16.5. The molecule has 0 saturated heterocycles. The summed E-state index contributed by atoms with van der Waals surface area (Å²) >= 11 is 0. The lowest BCUT2D eigenvalue weighted by molar-refractivity contribution is 0.414. The maximum absolute atomic E-state index is 5.25. The summed E-state index contributed by atoms with van der Waals surface area (Å²) in [7, 11) is 4.95. The molecule has 0 radical (unpaired) electrons. The third-order valence-electron chi connectivity index (χ3n) is 4.38. The van der Waals surface area contributed by atoms with Crippen molar-refractivity contribution in [3.63, 3.8) is 0 Å². The highest BCUT2D eigenvalue weighted by molar-refractivity contribution is 5.81. The Balaban J connectivity index is 1.84. The van der Waals surface area contributed by atoms with Crippen LogP contribution in [0.5, 0.6) is 17.2 Å². The Morgan fingerprint density at radius 1 is 0.552 bits per heavy atom. The van der Waals surface area contributed by atoms with Crippen molar-refractivity contribution in [3.8, 4) is 17.2 Å². The van der Waals surface area contributed by atoms with Gasteiger partial charge in [0, 0.05) is 12.4 Å². The molecular formula is C24H24N2O3. The first-order valence-electron chi connectivity index (χ1n) is 9.20. The summed E-state index contributed by atoms with van der Waals surface area (Å²) in [6.07, 6.45) is 3.27. The highest BCUT2D eigenvalue weighted by Crippen LogP contribution is 2.22. The molecule has 3 aromatic rings. The zero-order valence-electron chi connectivity index (χ0n) is 16.8. The van der Waals surface area contributed by atoms with E-state index in [-0.39, 0.29) is 6.17 Å². The van der Waals surface area contributed by atoms with Gasteiger partial charge in [0.2, 0.25) is 0 Å². The van der Waals surface area contributed by atoms with Gasteiger partial charge in [-0.2, -0.15) is 0 Å². The second kappa shape index (κ2) is 10.1. The third kappa shape index (κ3) is 5.69. The van der Waals surface area contributed by atoms with Crippen molar-refractivity contribution in [1.29, 1.82) is 0 Å². The molecule has 5 heteroatoms. The number of ether oxygens (including phenoxy) is 3. The van der Waals surface area contributed by atoms with Crippen LogP contribution in [0.25, 0.3) is 0 Å². The van der Waals surface area contributed by atoms with E-state index in [1.165, 1.54) is 0 Å². The van der Waals surface area contributed by atoms with Crippen LogP contribution in [-0.2, 0) is 0 Å². The Labute approximate surface area is 171 Å². The summed E-state index contributed by atoms with van der Waals surface area (Å²) < 4.78 is 15.7. The second-order valence-corrected chi connectivity index (χ2v) is 6.25. The van der Waals surface area contributed by atoms with E-state index in [0.717, 1.165) is 33.9 Å². The molecule has 3 aromatic carbocycles. The molecule has 0 spiro atoms. The van der Waals surface area contributed by atoms with Crippen LogP contribution in [0, 0.1) is 0 Å². The van der Waals surface area contributed by atoms with Crippen LogP contribution in [0.1, 0.15) is 22.9 Å². The molecule has 29 heavy (non-hydrogen) atoms. The Morgan fingerprint density at radius 3 is 1.24 bits per heavy atom. The van der Waals surface area contributed by atoms with Crippen molar-refractivity contribution in [2.24, 2.45) is 9.98 Å². The average Bonchev–Trinajstić information content (AvgIpc) is 2.80. The summed E-state index contributed by atoms with van der Waals surface area (Å²) in [4.78, 5) is 9.39. The summed E-state index contributed by atoms with van der Waals surface area (Å²) in [5, 5.41) is 0. The van der Waals surface area contributed by atoms with E-state index in [0.29, 0.717) is 0 Å². The molecule has 5 nitrogen and oxygen atoms in total. The number of nitrogens with zero attached hydrogens (tertiary/aromatic N) is 2. The molecule has 0 N–H and O–H groups in total. The molecule has 0 saturated carbocycles. The minimum absolute atomic E-state index is 0.370. The molecule has 0 aliphatic carbocycles. The van der Waals surface area contributed by atoms with Gasteiger partial charge in [-0.15, -0.1) is 0 Å². The SMILES string of the molecule is COc1ccc(C=NC(N=Cc2ccc(OC)cc2)c2ccc(OC)cc2)cc1. The van der Waals surface area contributed by atoms with Crippen LogP contribution in [0.2, 0.25) is 0 Å². The quantitative estimate of drug-likeness (QED) is 0.513. The number of hydrogen-bond donors (Lipinski definition) is 0. The first-order valence-corrected chi connectivity index (χ1v) is 9.20. The van der Waals surface area contributed by atoms with E-state index in [2.05, 4.69) is 0 Å². The topological polar surface area (TPSA) is 52.4 Å². The number of methoxy groups -OCH3 is 3. The number of hydrogen-bond acceptors (Lipinski definition) is 5. The lowest BCUT2D eigenvalue weighted by Crippen LogP contribution is -1.96. The van der Waals surface area contributed by atoms with Crippen molar-refractivity contribution < 1.29 is 14.2 Å². The fourth-order valence-corrected chi connectivity index (χ4v) is 2.68. The monoisotopic (exact) mass is 388 g/mol. The Morgan fingerprint density at radius 2 is 0.897 bits per heavy atom. The van der Waals surface area contributed by atoms with Crippen molar-refractivity contribution in [1.82, 2.24) is 0 Å². The zero-order chi connectivity index (χ0) is 20.5. The third-order valence-corrected chi connectivity index (χ3v) is 4.38. The normalized spacial score (nSPS) is 12.2. The zero-order valence-corrected chi connectivity index (χ0v) is 16.8. The van der Waals surface area contributed by atoms with Crippen LogP contribution in [0.15, 0.2) is 82.8 Å². The number of benzene rings is 3. The molecule has 3 rings (SSSR count). The van der Waals surface area contributed by atoms with Crippen LogP contribution < -0.4 is 14.2 Å². The maximum Gasteiger partial charge on any atom is 0.165 e. The van der Waals surface area contributed by atoms with Crippen molar-refractivity contribution in [3.05, 3.63) is 89.5 Å². The maximum atomic E-state index is 5.25. The van der Waals surface area contributed by atoms with Gasteiger partial charge >= 0.3 is 0 Å². The van der Waals surface area contributed by atoms with Gasteiger partial charge in [-0.05, 0) is 77.4 Å². The van der Waals surface area contributed by atoms with Crippen LogP contribution in [0.3, 0.4) is 0 Å². The smallest absolute Gasteiger partial charge is 0.165 e. The molecular weight excluding hydrogens is 364 g/mol. The summed E-state index contributed by atoms with van der Waals surface area (Å²) in [5.41, 5.74) is 2.92. The van der Waals surface area contributed by atoms with Gasteiger partial charge in [-0.3, -0.25) is 9.98 Å². The molecule has 0 amide bonds. The lowest BCUT2D eigenvalue weighted by atomic mass is 10.1. The number of rotatable bonds is 8. The van der Waals surface area contributed by atoms with Crippen molar-refractivity contribution in [2.45, 2.75) is 6.17 Å². The Bertz CT molecular complexity index is 889. The first-order chi connectivity index (χ1) is 14.2. The Kier molecular flexibility index (Phi) is 7.00. The van der Waals surface area contributed by atoms with Gasteiger partial charge in [0.25, 0.3) is 0 Å². The standard InChI is InChI=1S/C24H24N2O3/c1-27-21-10-4-18(5-11-21)16-25-24(20-8-14-23(29-3)15-9-20)26-17-19-6-12-22(28-2)13-7-19/h4-17,24H,1-3H3. The molecule has 0 bridgehead atoms. The Hall–Kier alpha value is -3.60. The minimum Gasteiger partial charge on any atom is -0.497 e.